The number of hydrogen-bond donors (Lipinski definition) is 0. The Hall–Kier alpha value is -5.62. The summed E-state index contributed by atoms with van der Waals surface area (Å²) in [6.07, 6.45) is 0. The highest BCUT2D eigenvalue weighted by Gasteiger charge is 2.19. The molecule has 0 bridgehead atoms. The zero-order chi connectivity index (χ0) is 34.6. The molecular weight excluding hydrogens is 661 g/mol. The summed E-state index contributed by atoms with van der Waals surface area (Å²) in [7, 11) is 1.72. The Balaban J connectivity index is 1.22. The number of rotatable bonds is 7. The predicted octanol–water partition coefficient (Wildman–Crippen LogP) is 14.3. The maximum absolute atomic E-state index is 5.55. The average Bonchev–Trinajstić information content (AvgIpc) is 3.71. The summed E-state index contributed by atoms with van der Waals surface area (Å²) in [5.74, 6) is 0.840. The lowest BCUT2D eigenvalue weighted by Gasteiger charge is -2.26. The van der Waals surface area contributed by atoms with Crippen molar-refractivity contribution in [3.05, 3.63) is 162 Å². The van der Waals surface area contributed by atoms with Crippen LogP contribution in [0.15, 0.2) is 146 Å². The number of hydrogen-bond acceptors (Lipinski definition) is 5. The van der Waals surface area contributed by atoms with Gasteiger partial charge in [0.25, 0.3) is 0 Å². The van der Waals surface area contributed by atoms with E-state index in [-0.39, 0.29) is 0 Å². The molecule has 0 aliphatic heterocycles. The largest absolute Gasteiger partial charge is 0.497 e. The van der Waals surface area contributed by atoms with Crippen LogP contribution in [-0.4, -0.2) is 7.11 Å². The molecule has 0 radical (unpaired) electrons. The van der Waals surface area contributed by atoms with Gasteiger partial charge in [-0.3, -0.25) is 0 Å². The lowest BCUT2D eigenvalue weighted by atomic mass is 10.1. The molecule has 0 fully saturated rings. The molecule has 0 aliphatic carbocycles. The quantitative estimate of drug-likeness (QED) is 0.165. The van der Waals surface area contributed by atoms with Crippen LogP contribution in [-0.2, 0) is 0 Å². The van der Waals surface area contributed by atoms with Crippen molar-refractivity contribution in [2.75, 3.05) is 16.9 Å². The lowest BCUT2D eigenvalue weighted by molar-refractivity contribution is 0.415. The number of fused-ring (bicyclic) bond motifs is 6. The maximum atomic E-state index is 5.55. The van der Waals surface area contributed by atoms with Crippen molar-refractivity contribution in [3.8, 4) is 5.75 Å². The molecule has 0 saturated carbocycles. The molecule has 3 nitrogen and oxygen atoms in total. The van der Waals surface area contributed by atoms with Gasteiger partial charge in [-0.05, 0) is 136 Å². The molecule has 9 rings (SSSR count). The first-order chi connectivity index (χ1) is 24.9. The van der Waals surface area contributed by atoms with Crippen LogP contribution in [0.25, 0.3) is 40.3 Å². The molecular formula is C46H36N2OS2. The van der Waals surface area contributed by atoms with Gasteiger partial charge < -0.3 is 14.5 Å². The summed E-state index contributed by atoms with van der Waals surface area (Å²) in [5.41, 5.74) is 10.5. The molecule has 7 aromatic carbocycles. The molecule has 0 spiro atoms. The molecule has 5 heteroatoms. The van der Waals surface area contributed by atoms with Crippen LogP contribution in [0.5, 0.6) is 5.75 Å². The van der Waals surface area contributed by atoms with Crippen molar-refractivity contribution in [3.63, 3.8) is 0 Å². The SMILES string of the molecule is COc1ccc(N(c2ccc3sc4ccc(C)cc4c3c2)c2ccc3sc4ccc(N(c5ccc(C)cc5)c5ccc(C)cc5)cc4c3c2)cc1. The molecule has 0 unspecified atom stereocenters. The summed E-state index contributed by atoms with van der Waals surface area (Å²) >= 11 is 3.70. The molecule has 2 aromatic heterocycles. The third-order valence-electron chi connectivity index (χ3n) is 9.73. The van der Waals surface area contributed by atoms with E-state index in [0.29, 0.717) is 0 Å². The van der Waals surface area contributed by atoms with E-state index in [1.807, 2.05) is 34.8 Å². The van der Waals surface area contributed by atoms with Gasteiger partial charge in [-0.1, -0.05) is 47.0 Å². The van der Waals surface area contributed by atoms with Gasteiger partial charge in [-0.2, -0.15) is 0 Å². The smallest absolute Gasteiger partial charge is 0.119 e. The van der Waals surface area contributed by atoms with Crippen molar-refractivity contribution in [1.82, 2.24) is 0 Å². The van der Waals surface area contributed by atoms with Gasteiger partial charge in [0.2, 0.25) is 0 Å². The van der Waals surface area contributed by atoms with Gasteiger partial charge in [0, 0.05) is 74.5 Å². The standard InChI is InChI=1S/C46H36N2OS2/c1-29-5-10-32(11-6-29)47(33-12-7-30(2)8-13-33)35-16-22-45-41(26-35)42-28-37(18-24-46(42)51-45)48(34-14-19-38(49-4)20-15-34)36-17-23-44-40(27-36)39-25-31(3)9-21-43(39)50-44/h5-28H,1-4H3. The van der Waals surface area contributed by atoms with Crippen LogP contribution in [0, 0.1) is 20.8 Å². The summed E-state index contributed by atoms with van der Waals surface area (Å²) in [5, 5.41) is 5.10. The summed E-state index contributed by atoms with van der Waals surface area (Å²) in [4.78, 5) is 4.73. The van der Waals surface area contributed by atoms with Gasteiger partial charge in [-0.25, -0.2) is 0 Å². The Morgan fingerprint density at radius 3 is 1.08 bits per heavy atom. The van der Waals surface area contributed by atoms with E-state index in [0.717, 1.165) is 39.9 Å². The fourth-order valence-electron chi connectivity index (χ4n) is 7.06. The van der Waals surface area contributed by atoms with E-state index in [1.54, 1.807) is 7.11 Å². The van der Waals surface area contributed by atoms with Gasteiger partial charge >= 0.3 is 0 Å². The molecule has 51 heavy (non-hydrogen) atoms. The Morgan fingerprint density at radius 2 is 0.667 bits per heavy atom. The van der Waals surface area contributed by atoms with Crippen LogP contribution in [0.3, 0.4) is 0 Å². The van der Waals surface area contributed by atoms with Crippen molar-refractivity contribution < 1.29 is 4.74 Å². The zero-order valence-corrected chi connectivity index (χ0v) is 30.6. The number of benzene rings is 7. The highest BCUT2D eigenvalue weighted by molar-refractivity contribution is 7.26. The minimum Gasteiger partial charge on any atom is -0.497 e. The second-order valence-electron chi connectivity index (χ2n) is 13.3. The van der Waals surface area contributed by atoms with Crippen LogP contribution in [0.2, 0.25) is 0 Å². The maximum Gasteiger partial charge on any atom is 0.119 e. The number of anilines is 6. The van der Waals surface area contributed by atoms with E-state index in [9.17, 15) is 0 Å². The van der Waals surface area contributed by atoms with Gasteiger partial charge in [-0.15, -0.1) is 22.7 Å². The predicted molar refractivity (Wildman–Crippen MR) is 222 cm³/mol. The molecule has 0 saturated heterocycles. The van der Waals surface area contributed by atoms with Gasteiger partial charge in [0.1, 0.15) is 5.75 Å². The molecule has 0 amide bonds. The molecule has 9 aromatic rings. The number of methoxy groups -OCH3 is 1. The van der Waals surface area contributed by atoms with E-state index in [1.165, 1.54) is 57.0 Å². The van der Waals surface area contributed by atoms with Crippen molar-refractivity contribution in [2.24, 2.45) is 0 Å². The molecule has 0 N–H and O–H groups in total. The number of nitrogens with zero attached hydrogens (tertiary/aromatic N) is 2. The Kier molecular flexibility index (Phi) is 7.76. The second kappa shape index (κ2) is 12.6. The fraction of sp³-hybridized carbons (Fsp3) is 0.0870. The molecule has 2 heterocycles. The number of ether oxygens (including phenoxy) is 1. The normalized spacial score (nSPS) is 11.5. The Labute approximate surface area is 306 Å². The second-order valence-corrected chi connectivity index (χ2v) is 15.5. The monoisotopic (exact) mass is 696 g/mol. The van der Waals surface area contributed by atoms with Crippen LogP contribution in [0.4, 0.5) is 34.1 Å². The first-order valence-corrected chi connectivity index (χ1v) is 18.8. The third kappa shape index (κ3) is 5.69. The fourth-order valence-corrected chi connectivity index (χ4v) is 9.20. The van der Waals surface area contributed by atoms with Crippen LogP contribution in [0.1, 0.15) is 16.7 Å². The number of thiophene rings is 2. The Morgan fingerprint density at radius 1 is 0.353 bits per heavy atom. The summed E-state index contributed by atoms with van der Waals surface area (Å²) < 4.78 is 10.7. The summed E-state index contributed by atoms with van der Waals surface area (Å²) in [6, 6.07) is 53.4. The van der Waals surface area contributed by atoms with E-state index >= 15 is 0 Å². The lowest BCUT2D eigenvalue weighted by Crippen LogP contribution is -2.10. The average molecular weight is 697 g/mol. The van der Waals surface area contributed by atoms with Gasteiger partial charge in [0.15, 0.2) is 0 Å². The highest BCUT2D eigenvalue weighted by atomic mass is 32.1. The topological polar surface area (TPSA) is 15.7 Å². The molecule has 0 atom stereocenters. The van der Waals surface area contributed by atoms with Crippen molar-refractivity contribution in [2.45, 2.75) is 20.8 Å². The number of aryl methyl sites for hydroxylation is 3. The van der Waals surface area contributed by atoms with Crippen LogP contribution < -0.4 is 14.5 Å². The Bertz CT molecular complexity index is 2660. The highest BCUT2D eigenvalue weighted by Crippen LogP contribution is 2.45. The first-order valence-electron chi connectivity index (χ1n) is 17.2. The van der Waals surface area contributed by atoms with Gasteiger partial charge in [0.05, 0.1) is 7.11 Å². The van der Waals surface area contributed by atoms with E-state index < -0.39 is 0 Å². The summed E-state index contributed by atoms with van der Waals surface area (Å²) in [6.45, 7) is 6.44. The van der Waals surface area contributed by atoms with Crippen molar-refractivity contribution in [1.29, 1.82) is 0 Å². The molecule has 0 aliphatic rings. The first kappa shape index (κ1) is 31.4. The zero-order valence-electron chi connectivity index (χ0n) is 29.0. The van der Waals surface area contributed by atoms with Crippen molar-refractivity contribution >= 4 is 97.1 Å². The van der Waals surface area contributed by atoms with Crippen LogP contribution >= 0.6 is 22.7 Å². The van der Waals surface area contributed by atoms with E-state index in [4.69, 9.17) is 4.74 Å². The molecule has 248 valence electrons. The minimum absolute atomic E-state index is 0.840. The minimum atomic E-state index is 0.840. The van der Waals surface area contributed by atoms with E-state index in [2.05, 4.69) is 164 Å². The third-order valence-corrected chi connectivity index (χ3v) is 12.0.